The van der Waals surface area contributed by atoms with Crippen LogP contribution in [0.5, 0.6) is 0 Å². The lowest BCUT2D eigenvalue weighted by atomic mass is 9.91. The lowest BCUT2D eigenvalue weighted by Crippen LogP contribution is -2.00. The van der Waals surface area contributed by atoms with Gasteiger partial charge < -0.3 is 8.83 Å². The van der Waals surface area contributed by atoms with E-state index in [0.717, 1.165) is 93.9 Å². The molecule has 0 aliphatic carbocycles. The molecular formula is C51H31N3O2. The zero-order chi connectivity index (χ0) is 37.0. The van der Waals surface area contributed by atoms with Crippen LogP contribution in [0.2, 0.25) is 0 Å². The van der Waals surface area contributed by atoms with Crippen LogP contribution in [0.1, 0.15) is 0 Å². The molecule has 0 spiro atoms. The molecule has 8 aromatic carbocycles. The van der Waals surface area contributed by atoms with Crippen molar-refractivity contribution in [2.75, 3.05) is 0 Å². The summed E-state index contributed by atoms with van der Waals surface area (Å²) in [6.07, 6.45) is 0. The van der Waals surface area contributed by atoms with Gasteiger partial charge in [-0.2, -0.15) is 0 Å². The smallest absolute Gasteiger partial charge is 0.164 e. The van der Waals surface area contributed by atoms with Crippen LogP contribution in [-0.4, -0.2) is 15.0 Å². The Kier molecular flexibility index (Phi) is 7.42. The van der Waals surface area contributed by atoms with E-state index in [1.54, 1.807) is 0 Å². The molecular weight excluding hydrogens is 687 g/mol. The van der Waals surface area contributed by atoms with Crippen LogP contribution in [0.3, 0.4) is 0 Å². The second-order valence-corrected chi connectivity index (χ2v) is 14.0. The topological polar surface area (TPSA) is 65.0 Å². The van der Waals surface area contributed by atoms with Gasteiger partial charge in [-0.05, 0) is 69.8 Å². The average Bonchev–Trinajstić information content (AvgIpc) is 3.85. The van der Waals surface area contributed by atoms with Gasteiger partial charge in [0.25, 0.3) is 0 Å². The quantitative estimate of drug-likeness (QED) is 0.171. The van der Waals surface area contributed by atoms with Crippen molar-refractivity contribution in [1.82, 2.24) is 15.0 Å². The van der Waals surface area contributed by atoms with Crippen LogP contribution in [-0.2, 0) is 0 Å². The lowest BCUT2D eigenvalue weighted by Gasteiger charge is -2.11. The molecule has 5 heteroatoms. The molecule has 3 aromatic heterocycles. The van der Waals surface area contributed by atoms with Crippen molar-refractivity contribution >= 4 is 43.9 Å². The molecule has 0 saturated carbocycles. The Balaban J connectivity index is 0.960. The summed E-state index contributed by atoms with van der Waals surface area (Å²) in [5.74, 6) is 1.91. The molecule has 262 valence electrons. The summed E-state index contributed by atoms with van der Waals surface area (Å²) < 4.78 is 12.8. The van der Waals surface area contributed by atoms with Gasteiger partial charge in [0.15, 0.2) is 17.5 Å². The number of hydrogen-bond donors (Lipinski definition) is 0. The molecule has 0 amide bonds. The number of para-hydroxylation sites is 1. The van der Waals surface area contributed by atoms with Gasteiger partial charge >= 0.3 is 0 Å². The first-order chi connectivity index (χ1) is 27.7. The zero-order valence-corrected chi connectivity index (χ0v) is 30.1. The normalized spacial score (nSPS) is 11.6. The first kappa shape index (κ1) is 31.9. The number of benzene rings is 8. The molecule has 0 unspecified atom stereocenters. The first-order valence-corrected chi connectivity index (χ1v) is 18.7. The van der Waals surface area contributed by atoms with Gasteiger partial charge in [-0.25, -0.2) is 15.0 Å². The van der Waals surface area contributed by atoms with Gasteiger partial charge in [0.1, 0.15) is 22.3 Å². The predicted molar refractivity (Wildman–Crippen MR) is 227 cm³/mol. The molecule has 5 nitrogen and oxygen atoms in total. The largest absolute Gasteiger partial charge is 0.456 e. The molecule has 0 atom stereocenters. The van der Waals surface area contributed by atoms with E-state index in [9.17, 15) is 0 Å². The zero-order valence-electron chi connectivity index (χ0n) is 30.1. The van der Waals surface area contributed by atoms with Gasteiger partial charge in [-0.15, -0.1) is 0 Å². The van der Waals surface area contributed by atoms with E-state index in [4.69, 9.17) is 23.8 Å². The maximum atomic E-state index is 6.58. The second-order valence-electron chi connectivity index (χ2n) is 14.0. The third kappa shape index (κ3) is 5.45. The Morgan fingerprint density at radius 1 is 0.268 bits per heavy atom. The van der Waals surface area contributed by atoms with Crippen LogP contribution in [0.4, 0.5) is 0 Å². The summed E-state index contributed by atoms with van der Waals surface area (Å²) in [4.78, 5) is 14.7. The third-order valence-electron chi connectivity index (χ3n) is 10.6. The maximum Gasteiger partial charge on any atom is 0.164 e. The van der Waals surface area contributed by atoms with Crippen LogP contribution >= 0.6 is 0 Å². The molecule has 0 radical (unpaired) electrons. The van der Waals surface area contributed by atoms with Crippen molar-refractivity contribution in [1.29, 1.82) is 0 Å². The van der Waals surface area contributed by atoms with Crippen molar-refractivity contribution in [2.45, 2.75) is 0 Å². The number of nitrogens with zero attached hydrogens (tertiary/aromatic N) is 3. The molecule has 3 heterocycles. The minimum Gasteiger partial charge on any atom is -0.456 e. The Bertz CT molecular complexity index is 3180. The van der Waals surface area contributed by atoms with Crippen molar-refractivity contribution in [2.24, 2.45) is 0 Å². The number of furan rings is 2. The molecule has 0 bridgehead atoms. The van der Waals surface area contributed by atoms with Gasteiger partial charge in [0, 0.05) is 38.2 Å². The molecule has 0 saturated heterocycles. The van der Waals surface area contributed by atoms with Gasteiger partial charge in [0.05, 0.1) is 0 Å². The van der Waals surface area contributed by atoms with E-state index in [2.05, 4.69) is 115 Å². The fourth-order valence-corrected chi connectivity index (χ4v) is 7.84. The van der Waals surface area contributed by atoms with E-state index in [0.29, 0.717) is 17.5 Å². The highest BCUT2D eigenvalue weighted by Crippen LogP contribution is 2.42. The van der Waals surface area contributed by atoms with Crippen LogP contribution in [0.25, 0.3) is 111 Å². The Morgan fingerprint density at radius 3 is 1.46 bits per heavy atom. The van der Waals surface area contributed by atoms with Crippen molar-refractivity contribution in [3.63, 3.8) is 0 Å². The monoisotopic (exact) mass is 717 g/mol. The summed E-state index contributed by atoms with van der Waals surface area (Å²) in [6.45, 7) is 0. The van der Waals surface area contributed by atoms with E-state index < -0.39 is 0 Å². The molecule has 11 aromatic rings. The Morgan fingerprint density at radius 2 is 0.732 bits per heavy atom. The lowest BCUT2D eigenvalue weighted by molar-refractivity contribution is 0.668. The van der Waals surface area contributed by atoms with Crippen molar-refractivity contribution in [3.8, 4) is 67.5 Å². The molecule has 0 aliphatic heterocycles. The summed E-state index contributed by atoms with van der Waals surface area (Å²) in [7, 11) is 0. The number of aromatic nitrogens is 3. The van der Waals surface area contributed by atoms with E-state index in [1.807, 2.05) is 72.8 Å². The fourth-order valence-electron chi connectivity index (χ4n) is 7.84. The SMILES string of the molecule is c1ccc(-c2nc(-c3ccccc3)nc(-c3ccc(-c4ccc5c(c4)oc4cccc(-c6ccccc6-c6ccc7c(c6)oc6ccccc67)c45)cc3)n2)cc1. The highest BCUT2D eigenvalue weighted by Gasteiger charge is 2.18. The van der Waals surface area contributed by atoms with Crippen molar-refractivity contribution in [3.05, 3.63) is 188 Å². The van der Waals surface area contributed by atoms with Crippen LogP contribution < -0.4 is 0 Å². The minimum absolute atomic E-state index is 0.627. The summed E-state index contributed by atoms with van der Waals surface area (Å²) in [5, 5.41) is 4.42. The van der Waals surface area contributed by atoms with Crippen LogP contribution in [0, 0.1) is 0 Å². The van der Waals surface area contributed by atoms with E-state index in [-0.39, 0.29) is 0 Å². The van der Waals surface area contributed by atoms with Gasteiger partial charge in [-0.1, -0.05) is 152 Å². The number of hydrogen-bond acceptors (Lipinski definition) is 5. The third-order valence-corrected chi connectivity index (χ3v) is 10.6. The van der Waals surface area contributed by atoms with E-state index in [1.165, 1.54) is 0 Å². The molecule has 0 N–H and O–H groups in total. The average molecular weight is 718 g/mol. The minimum atomic E-state index is 0.627. The predicted octanol–water partition coefficient (Wildman–Crippen LogP) is 13.7. The van der Waals surface area contributed by atoms with Crippen LogP contribution in [0.15, 0.2) is 197 Å². The summed E-state index contributed by atoms with van der Waals surface area (Å²) in [6, 6.07) is 64.6. The fraction of sp³-hybridized carbons (Fsp3) is 0. The Hall–Kier alpha value is -7.63. The highest BCUT2D eigenvalue weighted by atomic mass is 16.3. The Labute approximate surface area is 322 Å². The number of rotatable bonds is 6. The molecule has 56 heavy (non-hydrogen) atoms. The van der Waals surface area contributed by atoms with E-state index >= 15 is 0 Å². The summed E-state index contributed by atoms with van der Waals surface area (Å²) >= 11 is 0. The molecule has 0 fully saturated rings. The van der Waals surface area contributed by atoms with Gasteiger partial charge in [-0.3, -0.25) is 0 Å². The molecule has 11 rings (SSSR count). The number of fused-ring (bicyclic) bond motifs is 6. The first-order valence-electron chi connectivity index (χ1n) is 18.7. The second kappa shape index (κ2) is 13.0. The van der Waals surface area contributed by atoms with Gasteiger partial charge in [0.2, 0.25) is 0 Å². The highest BCUT2D eigenvalue weighted by molar-refractivity contribution is 6.14. The van der Waals surface area contributed by atoms with Crippen molar-refractivity contribution < 1.29 is 8.83 Å². The summed E-state index contributed by atoms with van der Waals surface area (Å²) in [5.41, 5.74) is 12.9. The maximum absolute atomic E-state index is 6.58. The standard InChI is InChI=1S/C51H31N3O2/c1-3-12-33(13-4-1)49-52-50(34-14-5-2-6-15-34)54-51(53-49)35-24-22-32(23-25-35)36-26-29-43-47(30-36)56-45-21-11-19-42(48(43)45)39-17-8-7-16-38(39)37-27-28-41-40-18-9-10-20-44(40)55-46(41)31-37/h1-31H. The molecule has 0 aliphatic rings.